The van der Waals surface area contributed by atoms with Gasteiger partial charge in [-0.15, -0.1) is 0 Å². The Morgan fingerprint density at radius 2 is 2.00 bits per heavy atom. The number of carbonyl (C=O) groups excluding carboxylic acids is 1. The molecule has 2 aromatic rings. The Bertz CT molecular complexity index is 953. The summed E-state index contributed by atoms with van der Waals surface area (Å²) in [5, 5.41) is 6.90. The van der Waals surface area contributed by atoms with Crippen molar-refractivity contribution in [1.29, 1.82) is 0 Å². The van der Waals surface area contributed by atoms with E-state index in [0.29, 0.717) is 31.6 Å². The lowest BCUT2D eigenvalue weighted by atomic mass is 9.97. The first-order chi connectivity index (χ1) is 14.2. The predicted molar refractivity (Wildman–Crippen MR) is 113 cm³/mol. The highest BCUT2D eigenvalue weighted by Gasteiger charge is 2.37. The Balaban J connectivity index is 1.75. The first-order valence-electron chi connectivity index (χ1n) is 10.1. The molecule has 1 amide bonds. The fraction of sp³-hybridized carbons (Fsp3) is 0.524. The summed E-state index contributed by atoms with van der Waals surface area (Å²) in [6.07, 6.45) is 1.29. The van der Waals surface area contributed by atoms with Crippen molar-refractivity contribution >= 4 is 15.9 Å². The first-order valence-corrected chi connectivity index (χ1v) is 11.6. The molecule has 3 rings (SSSR count). The molecular weight excluding hydrogens is 404 g/mol. The Kier molecular flexibility index (Phi) is 6.95. The summed E-state index contributed by atoms with van der Waals surface area (Å²) in [7, 11) is 0.161. The van der Waals surface area contributed by atoms with Gasteiger partial charge < -0.3 is 14.7 Å². The predicted octanol–water partition coefficient (Wildman–Crippen LogP) is 2.11. The van der Waals surface area contributed by atoms with Crippen molar-refractivity contribution in [1.82, 2.24) is 19.7 Å². The van der Waals surface area contributed by atoms with E-state index < -0.39 is 15.9 Å². The maximum absolute atomic E-state index is 13.1. The van der Waals surface area contributed by atoms with E-state index in [1.807, 2.05) is 49.3 Å². The maximum atomic E-state index is 13.1. The van der Waals surface area contributed by atoms with E-state index in [4.69, 9.17) is 4.52 Å². The highest BCUT2D eigenvalue weighted by molar-refractivity contribution is 7.89. The molecule has 0 spiro atoms. The standard InChI is InChI=1S/C21H30N4O4S/c1-15-20(16(2)29-23-15)30(27,28)25-12-8-11-18(13-25)21(26)22-19(14-24(3)4)17-9-6-5-7-10-17/h5-7,9-10,18-19H,8,11-14H2,1-4H3,(H,22,26). The molecule has 9 heteroatoms. The van der Waals surface area contributed by atoms with Gasteiger partial charge in [-0.05, 0) is 46.3 Å². The Labute approximate surface area is 178 Å². The van der Waals surface area contributed by atoms with Crippen molar-refractivity contribution < 1.29 is 17.7 Å². The third kappa shape index (κ3) is 4.91. The zero-order valence-electron chi connectivity index (χ0n) is 18.0. The molecule has 8 nitrogen and oxygen atoms in total. The van der Waals surface area contributed by atoms with Crippen LogP contribution in [0.1, 0.15) is 35.9 Å². The van der Waals surface area contributed by atoms with Crippen LogP contribution in [0.3, 0.4) is 0 Å². The van der Waals surface area contributed by atoms with Crippen LogP contribution in [0.15, 0.2) is 39.8 Å². The molecule has 2 heterocycles. The van der Waals surface area contributed by atoms with Gasteiger partial charge in [0, 0.05) is 19.6 Å². The molecule has 2 atom stereocenters. The molecule has 1 aromatic carbocycles. The number of nitrogens with one attached hydrogen (secondary N) is 1. The Morgan fingerprint density at radius 3 is 2.60 bits per heavy atom. The van der Waals surface area contributed by atoms with E-state index in [0.717, 1.165) is 5.56 Å². The van der Waals surface area contributed by atoms with Crippen molar-refractivity contribution in [2.45, 2.75) is 37.6 Å². The van der Waals surface area contributed by atoms with Crippen molar-refractivity contribution in [3.8, 4) is 0 Å². The first kappa shape index (κ1) is 22.5. The van der Waals surface area contributed by atoms with Gasteiger partial charge in [-0.3, -0.25) is 4.79 Å². The van der Waals surface area contributed by atoms with Crippen LogP contribution in [0.2, 0.25) is 0 Å². The third-order valence-corrected chi connectivity index (χ3v) is 7.50. The fourth-order valence-corrected chi connectivity index (χ4v) is 5.74. The molecule has 164 valence electrons. The summed E-state index contributed by atoms with van der Waals surface area (Å²) in [5.41, 5.74) is 1.37. The van der Waals surface area contributed by atoms with Gasteiger partial charge in [0.1, 0.15) is 10.6 Å². The van der Waals surface area contributed by atoms with Crippen molar-refractivity contribution in [3.63, 3.8) is 0 Å². The number of rotatable bonds is 7. The van der Waals surface area contributed by atoms with Gasteiger partial charge in [0.2, 0.25) is 15.9 Å². The van der Waals surface area contributed by atoms with Crippen LogP contribution in [0, 0.1) is 19.8 Å². The van der Waals surface area contributed by atoms with Crippen LogP contribution >= 0.6 is 0 Å². The number of sulfonamides is 1. The maximum Gasteiger partial charge on any atom is 0.248 e. The van der Waals surface area contributed by atoms with Gasteiger partial charge >= 0.3 is 0 Å². The van der Waals surface area contributed by atoms with Crippen LogP contribution in [0.25, 0.3) is 0 Å². The number of aryl methyl sites for hydroxylation is 2. The molecule has 1 aliphatic rings. The lowest BCUT2D eigenvalue weighted by Gasteiger charge is -2.32. The van der Waals surface area contributed by atoms with Crippen molar-refractivity contribution in [3.05, 3.63) is 47.3 Å². The quantitative estimate of drug-likeness (QED) is 0.717. The van der Waals surface area contributed by atoms with Gasteiger partial charge in [0.25, 0.3) is 0 Å². The van der Waals surface area contributed by atoms with Crippen LogP contribution in [-0.4, -0.2) is 62.4 Å². The number of carbonyl (C=O) groups is 1. The Morgan fingerprint density at radius 1 is 1.30 bits per heavy atom. The second-order valence-corrected chi connectivity index (χ2v) is 9.96. The second kappa shape index (κ2) is 9.28. The number of piperidine rings is 1. The number of likely N-dealkylation sites (N-methyl/N-ethyl adjacent to an activating group) is 1. The molecule has 1 N–H and O–H groups in total. The van der Waals surface area contributed by atoms with Gasteiger partial charge in [-0.25, -0.2) is 8.42 Å². The van der Waals surface area contributed by atoms with Crippen molar-refractivity contribution in [2.24, 2.45) is 5.92 Å². The summed E-state index contributed by atoms with van der Waals surface area (Å²) < 4.78 is 32.7. The number of nitrogens with zero attached hydrogens (tertiary/aromatic N) is 3. The van der Waals surface area contributed by atoms with Crippen LogP contribution in [0.5, 0.6) is 0 Å². The third-order valence-electron chi connectivity index (χ3n) is 5.39. The van der Waals surface area contributed by atoms with Crippen LogP contribution in [-0.2, 0) is 14.8 Å². The van der Waals surface area contributed by atoms with E-state index in [9.17, 15) is 13.2 Å². The molecule has 0 aliphatic carbocycles. The molecule has 30 heavy (non-hydrogen) atoms. The number of aromatic nitrogens is 1. The topological polar surface area (TPSA) is 95.8 Å². The molecule has 1 aliphatic heterocycles. The summed E-state index contributed by atoms with van der Waals surface area (Å²) in [6.45, 7) is 4.40. The van der Waals surface area contributed by atoms with E-state index in [2.05, 4.69) is 10.5 Å². The van der Waals surface area contributed by atoms with E-state index in [-0.39, 0.29) is 29.1 Å². The lowest BCUT2D eigenvalue weighted by Crippen LogP contribution is -2.47. The van der Waals surface area contributed by atoms with Crippen LogP contribution in [0.4, 0.5) is 0 Å². The normalized spacial score (nSPS) is 19.0. The van der Waals surface area contributed by atoms with Gasteiger partial charge in [0.15, 0.2) is 5.76 Å². The molecule has 1 saturated heterocycles. The minimum atomic E-state index is -3.76. The number of hydrogen-bond acceptors (Lipinski definition) is 6. The molecule has 0 radical (unpaired) electrons. The summed E-state index contributed by atoms with van der Waals surface area (Å²) in [5.74, 6) is -0.249. The number of amides is 1. The fourth-order valence-electron chi connectivity index (χ4n) is 3.92. The molecule has 0 saturated carbocycles. The number of hydrogen-bond donors (Lipinski definition) is 1. The van der Waals surface area contributed by atoms with Crippen molar-refractivity contribution in [2.75, 3.05) is 33.7 Å². The van der Waals surface area contributed by atoms with Gasteiger partial charge in [0.05, 0.1) is 12.0 Å². The summed E-state index contributed by atoms with van der Waals surface area (Å²) >= 11 is 0. The lowest BCUT2D eigenvalue weighted by molar-refractivity contribution is -0.127. The van der Waals surface area contributed by atoms with E-state index in [1.54, 1.807) is 13.8 Å². The van der Waals surface area contributed by atoms with Gasteiger partial charge in [-0.1, -0.05) is 35.5 Å². The smallest absolute Gasteiger partial charge is 0.248 e. The minimum Gasteiger partial charge on any atom is -0.360 e. The average Bonchev–Trinajstić information content (AvgIpc) is 3.06. The zero-order valence-corrected chi connectivity index (χ0v) is 18.8. The second-order valence-electron chi connectivity index (χ2n) is 8.09. The van der Waals surface area contributed by atoms with Gasteiger partial charge in [-0.2, -0.15) is 4.31 Å². The number of benzene rings is 1. The molecule has 1 fully saturated rings. The summed E-state index contributed by atoms with van der Waals surface area (Å²) in [4.78, 5) is 15.2. The zero-order chi connectivity index (χ0) is 21.9. The van der Waals surface area contributed by atoms with Crippen LogP contribution < -0.4 is 5.32 Å². The highest BCUT2D eigenvalue weighted by Crippen LogP contribution is 2.28. The highest BCUT2D eigenvalue weighted by atomic mass is 32.2. The monoisotopic (exact) mass is 434 g/mol. The summed E-state index contributed by atoms with van der Waals surface area (Å²) in [6, 6.07) is 9.65. The Hall–Kier alpha value is -2.23. The molecular formula is C21H30N4O4S. The van der Waals surface area contributed by atoms with E-state index in [1.165, 1.54) is 4.31 Å². The largest absolute Gasteiger partial charge is 0.360 e. The average molecular weight is 435 g/mol. The van der Waals surface area contributed by atoms with E-state index >= 15 is 0 Å². The SMILES string of the molecule is Cc1noc(C)c1S(=O)(=O)N1CCCC(C(=O)NC(CN(C)C)c2ccccc2)C1. The minimum absolute atomic E-state index is 0.110. The molecule has 0 bridgehead atoms. The molecule has 1 aromatic heterocycles. The molecule has 2 unspecified atom stereocenters.